The Hall–Kier alpha value is -1.69. The number of nitrogens with zero attached hydrogens (tertiary/aromatic N) is 1. The van der Waals surface area contributed by atoms with Crippen molar-refractivity contribution >= 4 is 29.0 Å². The van der Waals surface area contributed by atoms with Crippen molar-refractivity contribution in [1.29, 1.82) is 0 Å². The summed E-state index contributed by atoms with van der Waals surface area (Å²) < 4.78 is 0. The van der Waals surface area contributed by atoms with Gasteiger partial charge in [0.2, 0.25) is 0 Å². The predicted molar refractivity (Wildman–Crippen MR) is 75.2 cm³/mol. The molecule has 1 fully saturated rings. The number of carboxylic acids is 1. The second-order valence-electron chi connectivity index (χ2n) is 5.08. The molecule has 0 aromatic carbocycles. The zero-order valence-electron chi connectivity index (χ0n) is 11.5. The molecular formula is C14H17NO4S. The van der Waals surface area contributed by atoms with Gasteiger partial charge in [0, 0.05) is 23.5 Å². The summed E-state index contributed by atoms with van der Waals surface area (Å²) >= 11 is 1.23. The highest BCUT2D eigenvalue weighted by Crippen LogP contribution is 2.27. The van der Waals surface area contributed by atoms with Crippen molar-refractivity contribution in [1.82, 2.24) is 4.90 Å². The third-order valence-electron chi connectivity index (χ3n) is 3.78. The number of rotatable bonds is 3. The maximum absolute atomic E-state index is 12.4. The number of ketones is 1. The summed E-state index contributed by atoms with van der Waals surface area (Å²) in [6, 6.07) is 1.27. The highest BCUT2D eigenvalue weighted by Gasteiger charge is 2.36. The summed E-state index contributed by atoms with van der Waals surface area (Å²) in [6.45, 7) is 3.80. The van der Waals surface area contributed by atoms with Gasteiger partial charge in [0.15, 0.2) is 5.78 Å². The Morgan fingerprint density at radius 2 is 2.10 bits per heavy atom. The Bertz CT molecular complexity index is 551. The molecule has 0 saturated carbocycles. The van der Waals surface area contributed by atoms with Gasteiger partial charge in [-0.2, -0.15) is 0 Å². The molecule has 5 nitrogen and oxygen atoms in total. The van der Waals surface area contributed by atoms with Crippen LogP contribution >= 0.6 is 11.3 Å². The number of aliphatic carboxylic acids is 1. The number of hydrogen-bond donors (Lipinski definition) is 1. The summed E-state index contributed by atoms with van der Waals surface area (Å²) in [7, 11) is 0. The average molecular weight is 295 g/mol. The second kappa shape index (κ2) is 5.75. The zero-order chi connectivity index (χ0) is 14.9. The number of Topliss-reactive ketones (excluding diaryl/α,β-unsaturated/α-hetero) is 1. The van der Waals surface area contributed by atoms with E-state index in [-0.39, 0.29) is 17.7 Å². The fraction of sp³-hybridized carbons (Fsp3) is 0.500. The molecule has 1 amide bonds. The number of carbonyl (C=O) groups is 3. The van der Waals surface area contributed by atoms with Crippen LogP contribution in [0.5, 0.6) is 0 Å². The van der Waals surface area contributed by atoms with Crippen molar-refractivity contribution in [3.63, 3.8) is 0 Å². The van der Waals surface area contributed by atoms with Crippen LogP contribution in [0.15, 0.2) is 11.4 Å². The lowest BCUT2D eigenvalue weighted by Gasteiger charge is -2.37. The highest BCUT2D eigenvalue weighted by molar-refractivity contribution is 7.12. The minimum Gasteiger partial charge on any atom is -0.481 e. The lowest BCUT2D eigenvalue weighted by molar-refractivity contribution is -0.144. The summed E-state index contributed by atoms with van der Waals surface area (Å²) in [5, 5.41) is 10.8. The zero-order valence-corrected chi connectivity index (χ0v) is 12.3. The first-order chi connectivity index (χ1) is 9.41. The van der Waals surface area contributed by atoms with Crippen molar-refractivity contribution in [2.24, 2.45) is 5.92 Å². The van der Waals surface area contributed by atoms with Crippen molar-refractivity contribution < 1.29 is 19.5 Å². The SMILES string of the molecule is CC(=O)c1csc(C(=O)N2CCC[C@@H](C(=O)O)[C@H]2C)c1. The van der Waals surface area contributed by atoms with Crippen LogP contribution < -0.4 is 0 Å². The first-order valence-electron chi connectivity index (χ1n) is 6.55. The molecule has 108 valence electrons. The van der Waals surface area contributed by atoms with Crippen LogP contribution in [0.4, 0.5) is 0 Å². The summed E-state index contributed by atoms with van der Waals surface area (Å²) in [6.07, 6.45) is 1.29. The van der Waals surface area contributed by atoms with Gasteiger partial charge >= 0.3 is 5.97 Å². The van der Waals surface area contributed by atoms with Crippen molar-refractivity contribution in [2.45, 2.75) is 32.7 Å². The smallest absolute Gasteiger partial charge is 0.308 e. The van der Waals surface area contributed by atoms with Crippen LogP contribution in [0.1, 0.15) is 46.7 Å². The molecule has 1 aromatic rings. The molecule has 0 aliphatic carbocycles. The molecule has 2 atom stereocenters. The number of carboxylic acid groups (broad SMARTS) is 1. The van der Waals surface area contributed by atoms with Gasteiger partial charge in [0.1, 0.15) is 0 Å². The van der Waals surface area contributed by atoms with E-state index in [1.54, 1.807) is 23.3 Å². The van der Waals surface area contributed by atoms with E-state index >= 15 is 0 Å². The van der Waals surface area contributed by atoms with E-state index in [4.69, 9.17) is 0 Å². The molecule has 0 radical (unpaired) electrons. The van der Waals surface area contributed by atoms with E-state index in [0.29, 0.717) is 29.8 Å². The maximum atomic E-state index is 12.4. The summed E-state index contributed by atoms with van der Waals surface area (Å²) in [5.74, 6) is -1.62. The van der Waals surface area contributed by atoms with E-state index in [2.05, 4.69) is 0 Å². The lowest BCUT2D eigenvalue weighted by Crippen LogP contribution is -2.48. The van der Waals surface area contributed by atoms with Gasteiger partial charge in [-0.3, -0.25) is 14.4 Å². The molecule has 2 heterocycles. The van der Waals surface area contributed by atoms with Gasteiger partial charge in [-0.25, -0.2) is 0 Å². The molecule has 2 rings (SSSR count). The van der Waals surface area contributed by atoms with Crippen LogP contribution in [0, 0.1) is 5.92 Å². The molecule has 0 unspecified atom stereocenters. The number of piperidine rings is 1. The number of amides is 1. The topological polar surface area (TPSA) is 74.7 Å². The molecular weight excluding hydrogens is 278 g/mol. The van der Waals surface area contributed by atoms with Crippen LogP contribution in [-0.2, 0) is 4.79 Å². The molecule has 0 bridgehead atoms. The van der Waals surface area contributed by atoms with Gasteiger partial charge in [-0.15, -0.1) is 11.3 Å². The number of carbonyl (C=O) groups excluding carboxylic acids is 2. The van der Waals surface area contributed by atoms with Gasteiger partial charge in [-0.05, 0) is 32.8 Å². The molecule has 1 aromatic heterocycles. The Labute approximate surface area is 121 Å². The first kappa shape index (κ1) is 14.7. The number of hydrogen-bond acceptors (Lipinski definition) is 4. The quantitative estimate of drug-likeness (QED) is 0.868. The Morgan fingerprint density at radius 3 is 2.65 bits per heavy atom. The van der Waals surface area contributed by atoms with Crippen molar-refractivity contribution in [2.75, 3.05) is 6.54 Å². The van der Waals surface area contributed by atoms with Crippen LogP contribution in [-0.4, -0.2) is 40.3 Å². The van der Waals surface area contributed by atoms with Crippen LogP contribution in [0.25, 0.3) is 0 Å². The van der Waals surface area contributed by atoms with Gasteiger partial charge in [0.25, 0.3) is 5.91 Å². The van der Waals surface area contributed by atoms with Gasteiger partial charge in [0.05, 0.1) is 10.8 Å². The lowest BCUT2D eigenvalue weighted by atomic mass is 9.90. The Morgan fingerprint density at radius 1 is 1.40 bits per heavy atom. The van der Waals surface area contributed by atoms with E-state index in [1.165, 1.54) is 18.3 Å². The summed E-state index contributed by atoms with van der Waals surface area (Å²) in [4.78, 5) is 37.0. The highest BCUT2D eigenvalue weighted by atomic mass is 32.1. The maximum Gasteiger partial charge on any atom is 0.308 e. The molecule has 1 aliphatic heterocycles. The Kier molecular flexibility index (Phi) is 4.23. The van der Waals surface area contributed by atoms with Crippen LogP contribution in [0.2, 0.25) is 0 Å². The largest absolute Gasteiger partial charge is 0.481 e. The predicted octanol–water partition coefficient (Wildman–Crippen LogP) is 2.28. The van der Waals surface area contributed by atoms with Crippen molar-refractivity contribution in [3.05, 3.63) is 21.9 Å². The molecule has 6 heteroatoms. The normalized spacial score (nSPS) is 22.6. The molecule has 1 N–H and O–H groups in total. The van der Waals surface area contributed by atoms with Crippen LogP contribution in [0.3, 0.4) is 0 Å². The minimum absolute atomic E-state index is 0.0737. The molecule has 1 saturated heterocycles. The van der Waals surface area contributed by atoms with E-state index in [1.807, 2.05) is 0 Å². The number of likely N-dealkylation sites (tertiary alicyclic amines) is 1. The molecule has 20 heavy (non-hydrogen) atoms. The standard InChI is InChI=1S/C14H17NO4S/c1-8-11(14(18)19)4-3-5-15(8)13(17)12-6-10(7-20-12)9(2)16/h6-8,11H,3-5H2,1-2H3,(H,18,19)/t8-,11-/m1/s1. The second-order valence-corrected chi connectivity index (χ2v) is 5.99. The Balaban J connectivity index is 2.18. The van der Waals surface area contributed by atoms with E-state index in [0.717, 1.165) is 0 Å². The number of thiophene rings is 1. The van der Waals surface area contributed by atoms with Crippen molar-refractivity contribution in [3.8, 4) is 0 Å². The summed E-state index contributed by atoms with van der Waals surface area (Å²) in [5.41, 5.74) is 0.526. The minimum atomic E-state index is -0.856. The average Bonchev–Trinajstić information content (AvgIpc) is 2.87. The fourth-order valence-corrected chi connectivity index (χ4v) is 3.44. The monoisotopic (exact) mass is 295 g/mol. The first-order valence-corrected chi connectivity index (χ1v) is 7.43. The van der Waals surface area contributed by atoms with E-state index in [9.17, 15) is 19.5 Å². The third-order valence-corrected chi connectivity index (χ3v) is 4.70. The van der Waals surface area contributed by atoms with Gasteiger partial charge < -0.3 is 10.0 Å². The molecule has 1 aliphatic rings. The fourth-order valence-electron chi connectivity index (χ4n) is 2.53. The van der Waals surface area contributed by atoms with Gasteiger partial charge in [-0.1, -0.05) is 0 Å². The third kappa shape index (κ3) is 2.75. The molecule has 0 spiro atoms. The van der Waals surface area contributed by atoms with E-state index < -0.39 is 11.9 Å².